The Balaban J connectivity index is 2.33. The van der Waals surface area contributed by atoms with Gasteiger partial charge in [0.1, 0.15) is 11.5 Å². The van der Waals surface area contributed by atoms with Crippen LogP contribution in [0.4, 0.5) is 4.79 Å². The number of carboxylic acids is 1. The smallest absolute Gasteiger partial charge is 0.315 e. The third kappa shape index (κ3) is 7.34. The van der Waals surface area contributed by atoms with E-state index in [9.17, 15) is 9.59 Å². The van der Waals surface area contributed by atoms with E-state index >= 15 is 0 Å². The SMILES string of the molecule is Cc1cc(CNC(=O)NC[C@H](CC(=O)O)CC(C)C)no1. The number of nitrogens with one attached hydrogen (secondary N) is 2. The largest absolute Gasteiger partial charge is 0.481 e. The van der Waals surface area contributed by atoms with Gasteiger partial charge in [-0.3, -0.25) is 4.79 Å². The van der Waals surface area contributed by atoms with Crippen LogP contribution in [-0.2, 0) is 11.3 Å². The lowest BCUT2D eigenvalue weighted by molar-refractivity contribution is -0.138. The standard InChI is InChI=1S/C14H23N3O4/c1-9(2)4-11(6-13(18)19)7-15-14(20)16-8-12-5-10(3)21-17-12/h5,9,11H,4,6-8H2,1-3H3,(H,18,19)(H2,15,16,20)/t11-/m0/s1. The fourth-order valence-electron chi connectivity index (χ4n) is 2.12. The second-order valence-electron chi connectivity index (χ2n) is 5.59. The number of nitrogens with zero attached hydrogens (tertiary/aromatic N) is 1. The summed E-state index contributed by atoms with van der Waals surface area (Å²) in [6.45, 7) is 6.45. The molecule has 118 valence electrons. The maximum absolute atomic E-state index is 11.7. The molecule has 0 aliphatic carbocycles. The van der Waals surface area contributed by atoms with Crippen LogP contribution in [0, 0.1) is 18.8 Å². The predicted octanol–water partition coefficient (Wildman–Crippen LogP) is 1.92. The van der Waals surface area contributed by atoms with E-state index in [0.717, 1.165) is 6.42 Å². The second kappa shape index (κ2) is 8.28. The summed E-state index contributed by atoms with van der Waals surface area (Å²) >= 11 is 0. The second-order valence-corrected chi connectivity index (χ2v) is 5.59. The van der Waals surface area contributed by atoms with Crippen LogP contribution in [0.15, 0.2) is 10.6 Å². The number of amides is 2. The maximum atomic E-state index is 11.7. The van der Waals surface area contributed by atoms with Gasteiger partial charge < -0.3 is 20.3 Å². The highest BCUT2D eigenvalue weighted by atomic mass is 16.5. The van der Waals surface area contributed by atoms with Crippen molar-refractivity contribution in [3.63, 3.8) is 0 Å². The van der Waals surface area contributed by atoms with Crippen molar-refractivity contribution in [1.29, 1.82) is 0 Å². The highest BCUT2D eigenvalue weighted by Gasteiger charge is 2.16. The van der Waals surface area contributed by atoms with E-state index in [1.54, 1.807) is 13.0 Å². The van der Waals surface area contributed by atoms with Crippen molar-refractivity contribution < 1.29 is 19.2 Å². The summed E-state index contributed by atoms with van der Waals surface area (Å²) in [4.78, 5) is 22.5. The highest BCUT2D eigenvalue weighted by Crippen LogP contribution is 2.14. The molecule has 1 atom stereocenters. The molecule has 0 saturated heterocycles. The zero-order chi connectivity index (χ0) is 15.8. The molecule has 0 radical (unpaired) electrons. The molecule has 1 aromatic heterocycles. The molecular weight excluding hydrogens is 274 g/mol. The first kappa shape index (κ1) is 17.0. The zero-order valence-corrected chi connectivity index (χ0v) is 12.7. The monoisotopic (exact) mass is 297 g/mol. The van der Waals surface area contributed by atoms with Gasteiger partial charge in [0, 0.05) is 19.0 Å². The van der Waals surface area contributed by atoms with Crippen molar-refractivity contribution in [2.75, 3.05) is 6.54 Å². The summed E-state index contributed by atoms with van der Waals surface area (Å²) < 4.78 is 4.90. The Morgan fingerprint density at radius 3 is 2.62 bits per heavy atom. The molecule has 7 nitrogen and oxygen atoms in total. The van der Waals surface area contributed by atoms with E-state index in [-0.39, 0.29) is 24.9 Å². The van der Waals surface area contributed by atoms with Gasteiger partial charge in [0.2, 0.25) is 0 Å². The fraction of sp³-hybridized carbons (Fsp3) is 0.643. The molecule has 7 heteroatoms. The summed E-state index contributed by atoms with van der Waals surface area (Å²) in [7, 11) is 0. The average Bonchev–Trinajstić information content (AvgIpc) is 2.78. The van der Waals surface area contributed by atoms with E-state index in [2.05, 4.69) is 15.8 Å². The summed E-state index contributed by atoms with van der Waals surface area (Å²) in [5.74, 6) is 0.159. The number of carboxylic acid groups (broad SMARTS) is 1. The van der Waals surface area contributed by atoms with Gasteiger partial charge in [0.05, 0.1) is 6.54 Å². The Labute approximate surface area is 124 Å². The number of aliphatic carboxylic acids is 1. The summed E-state index contributed by atoms with van der Waals surface area (Å²) in [6, 6.07) is 1.40. The molecule has 0 spiro atoms. The third-order valence-electron chi connectivity index (χ3n) is 2.93. The minimum atomic E-state index is -0.846. The van der Waals surface area contributed by atoms with E-state index in [4.69, 9.17) is 9.63 Å². The van der Waals surface area contributed by atoms with Gasteiger partial charge >= 0.3 is 12.0 Å². The molecule has 0 aliphatic rings. The van der Waals surface area contributed by atoms with Crippen LogP contribution >= 0.6 is 0 Å². The van der Waals surface area contributed by atoms with Crippen LogP contribution in [0.1, 0.15) is 38.1 Å². The molecule has 0 bridgehead atoms. The van der Waals surface area contributed by atoms with Crippen LogP contribution < -0.4 is 10.6 Å². The minimum absolute atomic E-state index is 0.0565. The van der Waals surface area contributed by atoms with Crippen molar-refractivity contribution in [3.8, 4) is 0 Å². The lowest BCUT2D eigenvalue weighted by atomic mass is 9.94. The summed E-state index contributed by atoms with van der Waals surface area (Å²) in [5, 5.41) is 18.0. The van der Waals surface area contributed by atoms with Crippen molar-refractivity contribution in [3.05, 3.63) is 17.5 Å². The third-order valence-corrected chi connectivity index (χ3v) is 2.93. The van der Waals surface area contributed by atoms with Gasteiger partial charge in [0.25, 0.3) is 0 Å². The molecule has 1 rings (SSSR count). The Bertz CT molecular complexity index is 471. The van der Waals surface area contributed by atoms with E-state index in [1.165, 1.54) is 0 Å². The molecule has 0 aliphatic heterocycles. The van der Waals surface area contributed by atoms with Gasteiger partial charge in [-0.25, -0.2) is 4.79 Å². The van der Waals surface area contributed by atoms with Crippen molar-refractivity contribution in [2.45, 2.75) is 40.2 Å². The van der Waals surface area contributed by atoms with Crippen LogP contribution in [0.3, 0.4) is 0 Å². The first-order valence-electron chi connectivity index (χ1n) is 7.02. The van der Waals surface area contributed by atoms with E-state index in [1.807, 2.05) is 13.8 Å². The van der Waals surface area contributed by atoms with Gasteiger partial charge in [0.15, 0.2) is 0 Å². The van der Waals surface area contributed by atoms with Crippen LogP contribution in [-0.4, -0.2) is 28.8 Å². The number of hydrogen-bond donors (Lipinski definition) is 3. The molecule has 0 unspecified atom stereocenters. The first-order valence-corrected chi connectivity index (χ1v) is 7.02. The van der Waals surface area contributed by atoms with Gasteiger partial charge in [-0.2, -0.15) is 0 Å². The number of urea groups is 1. The zero-order valence-electron chi connectivity index (χ0n) is 12.7. The van der Waals surface area contributed by atoms with Gasteiger partial charge in [-0.1, -0.05) is 19.0 Å². The highest BCUT2D eigenvalue weighted by molar-refractivity contribution is 5.74. The molecule has 21 heavy (non-hydrogen) atoms. The number of aromatic nitrogens is 1. The predicted molar refractivity (Wildman–Crippen MR) is 76.7 cm³/mol. The lowest BCUT2D eigenvalue weighted by Gasteiger charge is -2.17. The molecule has 1 heterocycles. The van der Waals surface area contributed by atoms with Crippen LogP contribution in [0.25, 0.3) is 0 Å². The first-order chi connectivity index (χ1) is 9.86. The number of carbonyl (C=O) groups excluding carboxylic acids is 1. The molecule has 3 N–H and O–H groups in total. The van der Waals surface area contributed by atoms with Crippen LogP contribution in [0.5, 0.6) is 0 Å². The van der Waals surface area contributed by atoms with Crippen LogP contribution in [0.2, 0.25) is 0 Å². The number of aryl methyl sites for hydroxylation is 1. The van der Waals surface area contributed by atoms with Crippen molar-refractivity contribution in [1.82, 2.24) is 15.8 Å². The topological polar surface area (TPSA) is 104 Å². The summed E-state index contributed by atoms with van der Waals surface area (Å²) in [5.41, 5.74) is 0.645. The normalized spacial score (nSPS) is 12.2. The van der Waals surface area contributed by atoms with E-state index < -0.39 is 5.97 Å². The molecule has 0 saturated carbocycles. The van der Waals surface area contributed by atoms with Gasteiger partial charge in [-0.05, 0) is 25.2 Å². The number of hydrogen-bond acceptors (Lipinski definition) is 4. The Hall–Kier alpha value is -2.05. The van der Waals surface area contributed by atoms with Crippen molar-refractivity contribution >= 4 is 12.0 Å². The maximum Gasteiger partial charge on any atom is 0.315 e. The van der Waals surface area contributed by atoms with Crippen molar-refractivity contribution in [2.24, 2.45) is 11.8 Å². The Kier molecular flexibility index (Phi) is 6.71. The van der Waals surface area contributed by atoms with E-state index in [0.29, 0.717) is 23.9 Å². The lowest BCUT2D eigenvalue weighted by Crippen LogP contribution is -2.38. The quantitative estimate of drug-likeness (QED) is 0.680. The Morgan fingerprint density at radius 2 is 2.10 bits per heavy atom. The molecule has 1 aromatic rings. The number of carbonyl (C=O) groups is 2. The molecule has 0 aromatic carbocycles. The fourth-order valence-corrected chi connectivity index (χ4v) is 2.12. The molecule has 2 amide bonds. The Morgan fingerprint density at radius 1 is 1.38 bits per heavy atom. The molecule has 0 fully saturated rings. The summed E-state index contributed by atoms with van der Waals surface area (Å²) in [6.07, 6.45) is 0.815. The average molecular weight is 297 g/mol. The van der Waals surface area contributed by atoms with Gasteiger partial charge in [-0.15, -0.1) is 0 Å². The minimum Gasteiger partial charge on any atom is -0.481 e. The molecular formula is C14H23N3O4. The number of rotatable bonds is 8.